The Labute approximate surface area is 177 Å². The number of ether oxygens (including phenoxy) is 2. The van der Waals surface area contributed by atoms with Crippen LogP contribution in [-0.2, 0) is 30.3 Å². The second-order valence-corrected chi connectivity index (χ2v) is 8.54. The Bertz CT molecular complexity index is 847. The number of anilines is 1. The van der Waals surface area contributed by atoms with Crippen LogP contribution >= 0.6 is 11.3 Å². The predicted molar refractivity (Wildman–Crippen MR) is 107 cm³/mol. The van der Waals surface area contributed by atoms with Crippen molar-refractivity contribution in [3.05, 3.63) is 16.0 Å². The molecule has 1 heterocycles. The summed E-state index contributed by atoms with van der Waals surface area (Å²) in [5.74, 6) is -4.15. The number of carboxylic acid groups (broad SMARTS) is 2. The quantitative estimate of drug-likeness (QED) is 0.515. The molecular formula is C19H24N2O8S. The van der Waals surface area contributed by atoms with Crippen LogP contribution in [0.4, 0.5) is 5.00 Å². The van der Waals surface area contributed by atoms with Gasteiger partial charge in [-0.2, -0.15) is 5.26 Å². The molecule has 0 aromatic carbocycles. The van der Waals surface area contributed by atoms with E-state index in [0.717, 1.165) is 12.0 Å². The average molecular weight is 440 g/mol. The molecule has 0 bridgehead atoms. The Kier molecular flexibility index (Phi) is 8.79. The molecule has 1 aromatic rings. The smallest absolute Gasteiger partial charge is 0.348 e. The number of nitriles is 1. The van der Waals surface area contributed by atoms with Crippen LogP contribution in [0.5, 0.6) is 0 Å². The lowest BCUT2D eigenvalue weighted by Gasteiger charge is -2.19. The molecule has 0 fully saturated rings. The minimum atomic E-state index is -1.32. The molecule has 0 unspecified atom stereocenters. The van der Waals surface area contributed by atoms with Gasteiger partial charge in [-0.15, -0.1) is 11.3 Å². The third kappa shape index (κ3) is 7.36. The number of carbonyl (C=O) groups excluding carboxylic acids is 2. The van der Waals surface area contributed by atoms with Crippen molar-refractivity contribution in [2.24, 2.45) is 5.41 Å². The predicted octanol–water partition coefficient (Wildman–Crippen LogP) is 1.90. The Balaban J connectivity index is 3.31. The Morgan fingerprint density at radius 2 is 1.70 bits per heavy atom. The summed E-state index contributed by atoms with van der Waals surface area (Å²) < 4.78 is 9.89. The molecular weight excluding hydrogens is 416 g/mol. The van der Waals surface area contributed by atoms with Crippen molar-refractivity contribution in [2.45, 2.75) is 33.6 Å². The standard InChI is InChI=1S/C19H24N2O8S/c1-19(2,3)5-6-29-15(26)7-11-12(8-20)17(30-16(11)18(27)28-4)21(9-13(22)23)10-14(24)25/h5-7,9-10H2,1-4H3,(H,22,23)(H,24,25). The number of thiophene rings is 1. The van der Waals surface area contributed by atoms with Crippen molar-refractivity contribution in [1.29, 1.82) is 5.26 Å². The molecule has 0 aliphatic heterocycles. The fourth-order valence-corrected chi connectivity index (χ4v) is 3.60. The number of nitrogens with zero attached hydrogens (tertiary/aromatic N) is 2. The highest BCUT2D eigenvalue weighted by Crippen LogP contribution is 2.37. The monoisotopic (exact) mass is 440 g/mol. The zero-order valence-electron chi connectivity index (χ0n) is 17.2. The van der Waals surface area contributed by atoms with E-state index in [0.29, 0.717) is 17.8 Å². The molecule has 1 rings (SSSR count). The maximum Gasteiger partial charge on any atom is 0.348 e. The summed E-state index contributed by atoms with van der Waals surface area (Å²) in [5.41, 5.74) is -0.194. The van der Waals surface area contributed by atoms with E-state index in [9.17, 15) is 24.4 Å². The number of hydrogen-bond acceptors (Lipinski definition) is 9. The first kappa shape index (κ1) is 24.9. The van der Waals surface area contributed by atoms with Crippen LogP contribution in [0.3, 0.4) is 0 Å². The van der Waals surface area contributed by atoms with Gasteiger partial charge in [-0.05, 0) is 11.8 Å². The van der Waals surface area contributed by atoms with Crippen LogP contribution in [0.2, 0.25) is 0 Å². The normalized spacial score (nSPS) is 10.8. The summed E-state index contributed by atoms with van der Waals surface area (Å²) in [6.45, 7) is 4.67. The minimum absolute atomic E-state index is 0.0193. The lowest BCUT2D eigenvalue weighted by molar-refractivity contribution is -0.143. The van der Waals surface area contributed by atoms with Gasteiger partial charge in [0.2, 0.25) is 0 Å². The van der Waals surface area contributed by atoms with Gasteiger partial charge in [0.15, 0.2) is 0 Å². The number of hydrogen-bond donors (Lipinski definition) is 2. The molecule has 11 heteroatoms. The highest BCUT2D eigenvalue weighted by Gasteiger charge is 2.30. The fourth-order valence-electron chi connectivity index (χ4n) is 2.41. The maximum atomic E-state index is 12.3. The van der Waals surface area contributed by atoms with Crippen LogP contribution in [0, 0.1) is 16.7 Å². The zero-order chi connectivity index (χ0) is 23.1. The van der Waals surface area contributed by atoms with Crippen molar-refractivity contribution in [3.8, 4) is 6.07 Å². The van der Waals surface area contributed by atoms with Gasteiger partial charge < -0.3 is 24.6 Å². The Morgan fingerprint density at radius 3 is 2.13 bits per heavy atom. The molecule has 0 spiro atoms. The van der Waals surface area contributed by atoms with E-state index >= 15 is 0 Å². The fraction of sp³-hybridized carbons (Fsp3) is 0.526. The van der Waals surface area contributed by atoms with Gasteiger partial charge in [-0.25, -0.2) is 4.79 Å². The second kappa shape index (κ2) is 10.6. The molecule has 164 valence electrons. The first-order valence-electron chi connectivity index (χ1n) is 8.87. The lowest BCUT2D eigenvalue weighted by Crippen LogP contribution is -2.34. The molecule has 2 N–H and O–H groups in total. The van der Waals surface area contributed by atoms with Crippen molar-refractivity contribution >= 4 is 40.2 Å². The zero-order valence-corrected chi connectivity index (χ0v) is 18.0. The summed E-state index contributed by atoms with van der Waals surface area (Å²) in [6, 6.07) is 1.84. The molecule has 0 amide bonds. The number of carbonyl (C=O) groups is 4. The molecule has 10 nitrogen and oxygen atoms in total. The third-order valence-corrected chi connectivity index (χ3v) is 5.12. The van der Waals surface area contributed by atoms with Crippen molar-refractivity contribution in [3.63, 3.8) is 0 Å². The third-order valence-electron chi connectivity index (χ3n) is 3.85. The van der Waals surface area contributed by atoms with E-state index in [1.165, 1.54) is 0 Å². The summed E-state index contributed by atoms with van der Waals surface area (Å²) in [7, 11) is 1.12. The Hall–Kier alpha value is -3.13. The highest BCUT2D eigenvalue weighted by molar-refractivity contribution is 7.18. The van der Waals surface area contributed by atoms with Crippen molar-refractivity contribution < 1.29 is 38.9 Å². The first-order valence-corrected chi connectivity index (χ1v) is 9.69. The SMILES string of the molecule is COC(=O)c1sc(N(CC(=O)O)CC(=O)O)c(C#N)c1CC(=O)OCCC(C)(C)C. The second-order valence-electron chi connectivity index (χ2n) is 7.54. The first-order chi connectivity index (χ1) is 13.9. The van der Waals surface area contributed by atoms with Crippen molar-refractivity contribution in [1.82, 2.24) is 0 Å². The molecule has 0 aliphatic carbocycles. The topological polar surface area (TPSA) is 154 Å². The van der Waals surface area contributed by atoms with Crippen LogP contribution in [0.25, 0.3) is 0 Å². The van der Waals surface area contributed by atoms with Crippen LogP contribution < -0.4 is 4.90 Å². The van der Waals surface area contributed by atoms with Crippen LogP contribution in [-0.4, -0.2) is 60.9 Å². The van der Waals surface area contributed by atoms with E-state index < -0.39 is 43.4 Å². The van der Waals surface area contributed by atoms with Crippen LogP contribution in [0.1, 0.15) is 48.0 Å². The number of esters is 2. The maximum absolute atomic E-state index is 12.3. The van der Waals surface area contributed by atoms with Gasteiger partial charge in [0.05, 0.1) is 25.7 Å². The molecule has 1 aromatic heterocycles. The molecule has 0 saturated heterocycles. The largest absolute Gasteiger partial charge is 0.480 e. The van der Waals surface area contributed by atoms with E-state index in [2.05, 4.69) is 0 Å². The summed E-state index contributed by atoms with van der Waals surface area (Å²) >= 11 is 0.700. The van der Waals surface area contributed by atoms with E-state index in [-0.39, 0.29) is 33.0 Å². The van der Waals surface area contributed by atoms with Gasteiger partial charge in [0, 0.05) is 5.56 Å². The molecule has 30 heavy (non-hydrogen) atoms. The number of methoxy groups -OCH3 is 1. The summed E-state index contributed by atoms with van der Waals surface area (Å²) in [5, 5.41) is 27.7. The van der Waals surface area contributed by atoms with Gasteiger partial charge in [-0.3, -0.25) is 14.4 Å². The molecule has 0 atom stereocenters. The van der Waals surface area contributed by atoms with E-state index in [1.54, 1.807) is 0 Å². The minimum Gasteiger partial charge on any atom is -0.480 e. The molecule has 0 saturated carbocycles. The van der Waals surface area contributed by atoms with Gasteiger partial charge >= 0.3 is 23.9 Å². The van der Waals surface area contributed by atoms with E-state index in [1.807, 2.05) is 26.8 Å². The van der Waals surface area contributed by atoms with Gasteiger partial charge in [-0.1, -0.05) is 20.8 Å². The Morgan fingerprint density at radius 1 is 1.13 bits per heavy atom. The average Bonchev–Trinajstić information content (AvgIpc) is 2.96. The summed E-state index contributed by atoms with van der Waals surface area (Å²) in [4.78, 5) is 47.6. The van der Waals surface area contributed by atoms with Crippen molar-refractivity contribution in [2.75, 3.05) is 31.7 Å². The number of aliphatic carboxylic acids is 2. The van der Waals surface area contributed by atoms with Gasteiger partial charge in [0.25, 0.3) is 0 Å². The number of rotatable bonds is 10. The summed E-state index contributed by atoms with van der Waals surface area (Å²) in [6.07, 6.45) is 0.190. The number of carboxylic acids is 2. The van der Waals surface area contributed by atoms with Gasteiger partial charge in [0.1, 0.15) is 29.0 Å². The molecule has 0 radical (unpaired) electrons. The highest BCUT2D eigenvalue weighted by atomic mass is 32.1. The molecule has 0 aliphatic rings. The van der Waals surface area contributed by atoms with Crippen LogP contribution in [0.15, 0.2) is 0 Å². The van der Waals surface area contributed by atoms with E-state index in [4.69, 9.17) is 19.7 Å². The lowest BCUT2D eigenvalue weighted by atomic mass is 9.93.